The fraction of sp³-hybridized carbons (Fsp3) is 0.190. The summed E-state index contributed by atoms with van der Waals surface area (Å²) >= 11 is 1.43. The summed E-state index contributed by atoms with van der Waals surface area (Å²) in [6.07, 6.45) is 4.05. The molecule has 136 valence electrons. The summed E-state index contributed by atoms with van der Waals surface area (Å²) in [4.78, 5) is 21.5. The Morgan fingerprint density at radius 1 is 1.15 bits per heavy atom. The first-order valence-electron chi connectivity index (χ1n) is 8.76. The molecule has 6 heteroatoms. The number of hydrogen-bond donors (Lipinski definition) is 1. The lowest BCUT2D eigenvalue weighted by Crippen LogP contribution is -2.14. The molecule has 1 aromatic carbocycles. The summed E-state index contributed by atoms with van der Waals surface area (Å²) in [7, 11) is 0. The van der Waals surface area contributed by atoms with Crippen molar-refractivity contribution in [3.8, 4) is 11.3 Å². The maximum absolute atomic E-state index is 12.4. The van der Waals surface area contributed by atoms with E-state index in [0.29, 0.717) is 5.13 Å². The molecule has 3 heterocycles. The van der Waals surface area contributed by atoms with Gasteiger partial charge in [0.1, 0.15) is 5.65 Å². The predicted molar refractivity (Wildman–Crippen MR) is 109 cm³/mol. The van der Waals surface area contributed by atoms with Crippen LogP contribution in [0.4, 0.5) is 5.13 Å². The number of benzene rings is 1. The highest BCUT2D eigenvalue weighted by Crippen LogP contribution is 2.28. The van der Waals surface area contributed by atoms with Crippen LogP contribution in [0.25, 0.3) is 16.9 Å². The number of aryl methyl sites for hydroxylation is 3. The minimum Gasteiger partial charge on any atom is -0.307 e. The first-order valence-corrected chi connectivity index (χ1v) is 9.64. The molecule has 0 aliphatic rings. The molecule has 1 amide bonds. The molecule has 0 bridgehead atoms. The number of carbonyl (C=O) groups excluding carboxylic acids is 1. The number of anilines is 1. The zero-order valence-electron chi connectivity index (χ0n) is 15.5. The first-order chi connectivity index (χ1) is 13.0. The number of amides is 1. The Hall–Kier alpha value is -2.99. The van der Waals surface area contributed by atoms with E-state index in [1.807, 2.05) is 41.2 Å². The van der Waals surface area contributed by atoms with Crippen molar-refractivity contribution in [3.63, 3.8) is 0 Å². The van der Waals surface area contributed by atoms with Crippen LogP contribution in [-0.2, 0) is 11.2 Å². The monoisotopic (exact) mass is 376 g/mol. The van der Waals surface area contributed by atoms with E-state index < -0.39 is 0 Å². The number of carbonyl (C=O) groups is 1. The van der Waals surface area contributed by atoms with E-state index in [1.54, 1.807) is 0 Å². The van der Waals surface area contributed by atoms with Crippen molar-refractivity contribution in [1.29, 1.82) is 0 Å². The molecule has 3 aromatic heterocycles. The second-order valence-electron chi connectivity index (χ2n) is 6.74. The first kappa shape index (κ1) is 17.4. The standard InChI is InChI=1S/C21H20N4OS/c1-13-6-7-17(15(3)9-13)18-12-27-21(23-18)24-19(26)10-16-11-25-8-4-5-14(2)20(25)22-16/h4-9,11-12H,10H2,1-3H3,(H,23,24,26). The lowest BCUT2D eigenvalue weighted by Gasteiger charge is -2.03. The van der Waals surface area contributed by atoms with Gasteiger partial charge >= 0.3 is 0 Å². The van der Waals surface area contributed by atoms with Crippen LogP contribution >= 0.6 is 11.3 Å². The van der Waals surface area contributed by atoms with Gasteiger partial charge in [0.2, 0.25) is 5.91 Å². The third-order valence-corrected chi connectivity index (χ3v) is 5.24. The summed E-state index contributed by atoms with van der Waals surface area (Å²) in [6.45, 7) is 6.16. The van der Waals surface area contributed by atoms with E-state index in [-0.39, 0.29) is 12.3 Å². The lowest BCUT2D eigenvalue weighted by molar-refractivity contribution is -0.115. The summed E-state index contributed by atoms with van der Waals surface area (Å²) in [5.74, 6) is -0.113. The van der Waals surface area contributed by atoms with Crippen LogP contribution in [0.3, 0.4) is 0 Å². The van der Waals surface area contributed by atoms with Crippen LogP contribution in [0.2, 0.25) is 0 Å². The molecule has 0 spiro atoms. The van der Waals surface area contributed by atoms with Gasteiger partial charge in [-0.25, -0.2) is 9.97 Å². The second-order valence-corrected chi connectivity index (χ2v) is 7.59. The number of pyridine rings is 1. The van der Waals surface area contributed by atoms with E-state index >= 15 is 0 Å². The van der Waals surface area contributed by atoms with Gasteiger partial charge < -0.3 is 9.72 Å². The molecule has 0 radical (unpaired) electrons. The van der Waals surface area contributed by atoms with Gasteiger partial charge in [-0.15, -0.1) is 11.3 Å². The number of aromatic nitrogens is 3. The fourth-order valence-electron chi connectivity index (χ4n) is 3.17. The molecule has 4 aromatic rings. The number of hydrogen-bond acceptors (Lipinski definition) is 4. The molecule has 4 rings (SSSR count). The van der Waals surface area contributed by atoms with Crippen molar-refractivity contribution in [2.45, 2.75) is 27.2 Å². The number of nitrogens with one attached hydrogen (secondary N) is 1. The van der Waals surface area contributed by atoms with Crippen molar-refractivity contribution in [1.82, 2.24) is 14.4 Å². The Morgan fingerprint density at radius 3 is 2.78 bits per heavy atom. The Kier molecular flexibility index (Phi) is 4.49. The van der Waals surface area contributed by atoms with E-state index in [1.165, 1.54) is 22.5 Å². The Labute approximate surface area is 161 Å². The summed E-state index contributed by atoms with van der Waals surface area (Å²) in [5, 5.41) is 5.47. The van der Waals surface area contributed by atoms with Gasteiger partial charge in [0.05, 0.1) is 17.8 Å². The number of nitrogens with zero attached hydrogens (tertiary/aromatic N) is 3. The summed E-state index contributed by atoms with van der Waals surface area (Å²) in [5.41, 5.74) is 7.09. The number of rotatable bonds is 4. The van der Waals surface area contributed by atoms with Crippen LogP contribution in [0.5, 0.6) is 0 Å². The largest absolute Gasteiger partial charge is 0.307 e. The Morgan fingerprint density at radius 2 is 2.00 bits per heavy atom. The number of thiazole rings is 1. The summed E-state index contributed by atoms with van der Waals surface area (Å²) < 4.78 is 1.94. The molecule has 5 nitrogen and oxygen atoms in total. The molecule has 0 saturated carbocycles. The van der Waals surface area contributed by atoms with Crippen LogP contribution in [0.15, 0.2) is 48.1 Å². The molecule has 0 atom stereocenters. The van der Waals surface area contributed by atoms with Gasteiger partial charge in [-0.2, -0.15) is 0 Å². The summed E-state index contributed by atoms with van der Waals surface area (Å²) in [6, 6.07) is 10.3. The van der Waals surface area contributed by atoms with Gasteiger partial charge in [0.15, 0.2) is 5.13 Å². The van der Waals surface area contributed by atoms with Crippen LogP contribution in [0, 0.1) is 20.8 Å². The molecular weight excluding hydrogens is 356 g/mol. The minimum absolute atomic E-state index is 0.113. The van der Waals surface area contributed by atoms with E-state index in [4.69, 9.17) is 0 Å². The Balaban J connectivity index is 1.48. The van der Waals surface area contributed by atoms with Gasteiger partial charge in [-0.05, 0) is 38.0 Å². The van der Waals surface area contributed by atoms with Crippen molar-refractivity contribution >= 4 is 28.0 Å². The van der Waals surface area contributed by atoms with Crippen molar-refractivity contribution < 1.29 is 4.79 Å². The van der Waals surface area contributed by atoms with Gasteiger partial charge in [0, 0.05) is 23.3 Å². The lowest BCUT2D eigenvalue weighted by atomic mass is 10.0. The van der Waals surface area contributed by atoms with Crippen LogP contribution < -0.4 is 5.32 Å². The van der Waals surface area contributed by atoms with E-state index in [9.17, 15) is 4.79 Å². The molecule has 0 aliphatic heterocycles. The zero-order valence-corrected chi connectivity index (χ0v) is 16.3. The molecule has 0 saturated heterocycles. The topological polar surface area (TPSA) is 59.3 Å². The highest BCUT2D eigenvalue weighted by molar-refractivity contribution is 7.14. The average molecular weight is 376 g/mol. The second kappa shape index (κ2) is 6.96. The van der Waals surface area contributed by atoms with Crippen LogP contribution in [-0.4, -0.2) is 20.3 Å². The molecule has 0 fully saturated rings. The zero-order chi connectivity index (χ0) is 19.0. The quantitative estimate of drug-likeness (QED) is 0.568. The van der Waals surface area contributed by atoms with Gasteiger partial charge in [-0.3, -0.25) is 4.79 Å². The fourth-order valence-corrected chi connectivity index (χ4v) is 3.90. The van der Waals surface area contributed by atoms with Gasteiger partial charge in [0.25, 0.3) is 0 Å². The van der Waals surface area contributed by atoms with Crippen molar-refractivity contribution in [3.05, 3.63) is 70.5 Å². The third-order valence-electron chi connectivity index (χ3n) is 4.48. The normalized spacial score (nSPS) is 11.1. The number of imidazole rings is 1. The van der Waals surface area contributed by atoms with Crippen molar-refractivity contribution in [2.75, 3.05) is 5.32 Å². The Bertz CT molecular complexity index is 1140. The molecular formula is C21H20N4OS. The average Bonchev–Trinajstić information content (AvgIpc) is 3.22. The van der Waals surface area contributed by atoms with E-state index in [0.717, 1.165) is 28.2 Å². The maximum Gasteiger partial charge on any atom is 0.232 e. The highest BCUT2D eigenvalue weighted by Gasteiger charge is 2.12. The van der Waals surface area contributed by atoms with E-state index in [2.05, 4.69) is 47.3 Å². The molecule has 1 N–H and O–H groups in total. The molecule has 0 unspecified atom stereocenters. The predicted octanol–water partition coefficient (Wildman–Crippen LogP) is 4.56. The molecule has 27 heavy (non-hydrogen) atoms. The highest BCUT2D eigenvalue weighted by atomic mass is 32.1. The smallest absolute Gasteiger partial charge is 0.232 e. The third kappa shape index (κ3) is 3.61. The maximum atomic E-state index is 12.4. The van der Waals surface area contributed by atoms with Crippen molar-refractivity contribution in [2.24, 2.45) is 0 Å². The van der Waals surface area contributed by atoms with Crippen LogP contribution in [0.1, 0.15) is 22.4 Å². The minimum atomic E-state index is -0.113. The SMILES string of the molecule is Cc1ccc(-c2csc(NC(=O)Cc3cn4cccc(C)c4n3)n2)c(C)c1. The van der Waals surface area contributed by atoms with Gasteiger partial charge in [-0.1, -0.05) is 29.8 Å². The number of fused-ring (bicyclic) bond motifs is 1. The molecule has 0 aliphatic carbocycles.